The average Bonchev–Trinajstić information content (AvgIpc) is 2.29. The SMILES string of the molecule is O=C(c1ccc(=O)[nH]c1)N1CCCCCCC1. The number of aromatic nitrogens is 1. The summed E-state index contributed by atoms with van der Waals surface area (Å²) in [5.74, 6) is 0.0307. The van der Waals surface area contributed by atoms with Gasteiger partial charge in [-0.15, -0.1) is 0 Å². The van der Waals surface area contributed by atoms with Gasteiger partial charge in [-0.1, -0.05) is 19.3 Å². The van der Waals surface area contributed by atoms with Gasteiger partial charge in [-0.25, -0.2) is 0 Å². The van der Waals surface area contributed by atoms with E-state index in [9.17, 15) is 9.59 Å². The summed E-state index contributed by atoms with van der Waals surface area (Å²) in [6.07, 6.45) is 7.35. The molecule has 0 atom stereocenters. The van der Waals surface area contributed by atoms with Crippen LogP contribution in [0, 0.1) is 0 Å². The molecule has 0 bridgehead atoms. The van der Waals surface area contributed by atoms with Gasteiger partial charge in [0.1, 0.15) is 0 Å². The number of nitrogens with one attached hydrogen (secondary N) is 1. The second-order valence-electron chi connectivity index (χ2n) is 4.50. The fourth-order valence-corrected chi connectivity index (χ4v) is 2.18. The van der Waals surface area contributed by atoms with E-state index in [4.69, 9.17) is 0 Å². The number of carbonyl (C=O) groups excluding carboxylic acids is 1. The number of nitrogens with zero attached hydrogens (tertiary/aromatic N) is 1. The number of likely N-dealkylation sites (tertiary alicyclic amines) is 1. The standard InChI is InChI=1S/C13H18N2O2/c16-12-7-6-11(10-14-12)13(17)15-8-4-2-1-3-5-9-15/h6-7,10H,1-5,8-9H2,(H,14,16). The molecule has 2 heterocycles. The maximum atomic E-state index is 12.2. The Morgan fingerprint density at radius 2 is 1.71 bits per heavy atom. The highest BCUT2D eigenvalue weighted by molar-refractivity contribution is 5.93. The van der Waals surface area contributed by atoms with Crippen LogP contribution in [0.3, 0.4) is 0 Å². The second-order valence-corrected chi connectivity index (χ2v) is 4.50. The van der Waals surface area contributed by atoms with Crippen LogP contribution in [-0.4, -0.2) is 28.9 Å². The van der Waals surface area contributed by atoms with Crippen molar-refractivity contribution >= 4 is 5.91 Å². The number of aromatic amines is 1. The number of hydrogen-bond donors (Lipinski definition) is 1. The lowest BCUT2D eigenvalue weighted by atomic mass is 10.1. The fourth-order valence-electron chi connectivity index (χ4n) is 2.18. The van der Waals surface area contributed by atoms with Crippen LogP contribution < -0.4 is 5.56 Å². The summed E-state index contributed by atoms with van der Waals surface area (Å²) in [6, 6.07) is 3.00. The molecule has 2 rings (SSSR count). The quantitative estimate of drug-likeness (QED) is 0.805. The number of rotatable bonds is 1. The molecule has 0 aliphatic carbocycles. The topological polar surface area (TPSA) is 53.2 Å². The van der Waals surface area contributed by atoms with Gasteiger partial charge in [0.2, 0.25) is 5.56 Å². The van der Waals surface area contributed by atoms with Crippen molar-refractivity contribution in [2.75, 3.05) is 13.1 Å². The molecular formula is C13H18N2O2. The van der Waals surface area contributed by atoms with Gasteiger partial charge in [-0.05, 0) is 18.9 Å². The van der Waals surface area contributed by atoms with Gasteiger partial charge in [0.25, 0.3) is 5.91 Å². The van der Waals surface area contributed by atoms with Crippen LogP contribution in [0.5, 0.6) is 0 Å². The zero-order valence-electron chi connectivity index (χ0n) is 9.95. The van der Waals surface area contributed by atoms with E-state index in [0.717, 1.165) is 25.9 Å². The van der Waals surface area contributed by atoms with Crippen molar-refractivity contribution in [1.82, 2.24) is 9.88 Å². The Morgan fingerprint density at radius 1 is 1.06 bits per heavy atom. The van der Waals surface area contributed by atoms with Crippen LogP contribution in [-0.2, 0) is 0 Å². The highest BCUT2D eigenvalue weighted by atomic mass is 16.2. The number of hydrogen-bond acceptors (Lipinski definition) is 2. The second kappa shape index (κ2) is 5.66. The van der Waals surface area contributed by atoms with Gasteiger partial charge in [0.05, 0.1) is 5.56 Å². The Bertz CT molecular complexity index is 411. The summed E-state index contributed by atoms with van der Waals surface area (Å²) < 4.78 is 0. The van der Waals surface area contributed by atoms with Gasteiger partial charge < -0.3 is 9.88 Å². The number of pyridine rings is 1. The molecule has 0 unspecified atom stereocenters. The van der Waals surface area contributed by atoms with E-state index < -0.39 is 0 Å². The Hall–Kier alpha value is -1.58. The van der Waals surface area contributed by atoms with Crippen molar-refractivity contribution in [3.63, 3.8) is 0 Å². The number of H-pyrrole nitrogens is 1. The lowest BCUT2D eigenvalue weighted by Crippen LogP contribution is -2.34. The van der Waals surface area contributed by atoms with Crippen molar-refractivity contribution in [3.05, 3.63) is 34.2 Å². The van der Waals surface area contributed by atoms with E-state index in [1.165, 1.54) is 31.5 Å². The molecule has 92 valence electrons. The first-order valence-electron chi connectivity index (χ1n) is 6.25. The predicted molar refractivity (Wildman–Crippen MR) is 66.1 cm³/mol. The Labute approximate surface area is 101 Å². The third-order valence-electron chi connectivity index (χ3n) is 3.17. The molecule has 1 amide bonds. The van der Waals surface area contributed by atoms with E-state index in [-0.39, 0.29) is 11.5 Å². The third kappa shape index (κ3) is 3.19. The molecule has 0 aromatic carbocycles. The van der Waals surface area contributed by atoms with E-state index in [1.54, 1.807) is 6.07 Å². The monoisotopic (exact) mass is 234 g/mol. The number of amides is 1. The zero-order chi connectivity index (χ0) is 12.1. The van der Waals surface area contributed by atoms with Gasteiger partial charge in [-0.3, -0.25) is 9.59 Å². The minimum Gasteiger partial charge on any atom is -0.339 e. The summed E-state index contributed by atoms with van der Waals surface area (Å²) in [5.41, 5.74) is 0.402. The lowest BCUT2D eigenvalue weighted by molar-refractivity contribution is 0.0742. The van der Waals surface area contributed by atoms with Crippen molar-refractivity contribution < 1.29 is 4.79 Å². The first kappa shape index (κ1) is 11.9. The molecule has 1 aromatic rings. The molecule has 0 saturated carbocycles. The average molecular weight is 234 g/mol. The molecule has 1 aromatic heterocycles. The molecule has 4 heteroatoms. The maximum Gasteiger partial charge on any atom is 0.255 e. The van der Waals surface area contributed by atoms with Crippen LogP contribution in [0.2, 0.25) is 0 Å². The number of carbonyl (C=O) groups is 1. The van der Waals surface area contributed by atoms with Crippen LogP contribution in [0.15, 0.2) is 23.1 Å². The van der Waals surface area contributed by atoms with Gasteiger partial charge >= 0.3 is 0 Å². The first-order valence-corrected chi connectivity index (χ1v) is 6.25. The predicted octanol–water partition coefficient (Wildman–Crippen LogP) is 1.78. The first-order chi connectivity index (χ1) is 8.27. The molecule has 4 nitrogen and oxygen atoms in total. The van der Waals surface area contributed by atoms with Crippen LogP contribution in [0.1, 0.15) is 42.5 Å². The van der Waals surface area contributed by atoms with Gasteiger partial charge in [0, 0.05) is 25.4 Å². The van der Waals surface area contributed by atoms with Crippen LogP contribution >= 0.6 is 0 Å². The molecule has 1 fully saturated rings. The normalized spacial score (nSPS) is 17.3. The highest BCUT2D eigenvalue weighted by Gasteiger charge is 2.16. The van der Waals surface area contributed by atoms with E-state index in [1.807, 2.05) is 4.90 Å². The maximum absolute atomic E-state index is 12.2. The Balaban J connectivity index is 2.06. The van der Waals surface area contributed by atoms with E-state index in [0.29, 0.717) is 5.56 Å². The van der Waals surface area contributed by atoms with Crippen molar-refractivity contribution in [2.24, 2.45) is 0 Å². The minimum atomic E-state index is -0.172. The van der Waals surface area contributed by atoms with Crippen molar-refractivity contribution in [1.29, 1.82) is 0 Å². The fraction of sp³-hybridized carbons (Fsp3) is 0.538. The van der Waals surface area contributed by atoms with Crippen LogP contribution in [0.4, 0.5) is 0 Å². The van der Waals surface area contributed by atoms with E-state index >= 15 is 0 Å². The van der Waals surface area contributed by atoms with Gasteiger partial charge in [-0.2, -0.15) is 0 Å². The summed E-state index contributed by atoms with van der Waals surface area (Å²) >= 11 is 0. The molecule has 0 radical (unpaired) electrons. The smallest absolute Gasteiger partial charge is 0.255 e. The molecule has 17 heavy (non-hydrogen) atoms. The molecule has 1 saturated heterocycles. The van der Waals surface area contributed by atoms with E-state index in [2.05, 4.69) is 4.98 Å². The molecule has 1 aliphatic rings. The molecule has 1 aliphatic heterocycles. The molecular weight excluding hydrogens is 216 g/mol. The Morgan fingerprint density at radius 3 is 2.29 bits per heavy atom. The van der Waals surface area contributed by atoms with Crippen LogP contribution in [0.25, 0.3) is 0 Å². The third-order valence-corrected chi connectivity index (χ3v) is 3.17. The summed E-state index contributed by atoms with van der Waals surface area (Å²) in [7, 11) is 0. The summed E-state index contributed by atoms with van der Waals surface area (Å²) in [4.78, 5) is 27.6. The summed E-state index contributed by atoms with van der Waals surface area (Å²) in [5, 5.41) is 0. The Kier molecular flexibility index (Phi) is 3.96. The minimum absolute atomic E-state index is 0.0307. The van der Waals surface area contributed by atoms with Gasteiger partial charge in [0.15, 0.2) is 0 Å². The lowest BCUT2D eigenvalue weighted by Gasteiger charge is -2.24. The summed E-state index contributed by atoms with van der Waals surface area (Å²) in [6.45, 7) is 1.66. The molecule has 0 spiro atoms. The highest BCUT2D eigenvalue weighted by Crippen LogP contribution is 2.12. The van der Waals surface area contributed by atoms with Crippen molar-refractivity contribution in [2.45, 2.75) is 32.1 Å². The molecule has 1 N–H and O–H groups in total. The largest absolute Gasteiger partial charge is 0.339 e. The zero-order valence-corrected chi connectivity index (χ0v) is 9.95. The van der Waals surface area contributed by atoms with Crippen molar-refractivity contribution in [3.8, 4) is 0 Å².